The molecule has 2 amide bonds. The van der Waals surface area contributed by atoms with Crippen molar-refractivity contribution in [2.24, 2.45) is 0 Å². The second-order valence-electron chi connectivity index (χ2n) is 7.01. The van der Waals surface area contributed by atoms with E-state index < -0.39 is 0 Å². The molecule has 1 heterocycles. The molecule has 0 fully saturated rings. The number of hydrogen-bond acceptors (Lipinski definition) is 4. The van der Waals surface area contributed by atoms with Crippen LogP contribution in [0.4, 0.5) is 22.9 Å². The first kappa shape index (κ1) is 20.1. The van der Waals surface area contributed by atoms with Crippen LogP contribution in [0.3, 0.4) is 0 Å². The Morgan fingerprint density at radius 2 is 1.59 bits per heavy atom. The summed E-state index contributed by atoms with van der Waals surface area (Å²) in [7, 11) is 0. The Balaban J connectivity index is 1.72. The van der Waals surface area contributed by atoms with Crippen molar-refractivity contribution < 1.29 is 9.59 Å². The molecule has 0 unspecified atom stereocenters. The molecule has 6 heteroatoms. The van der Waals surface area contributed by atoms with Gasteiger partial charge in [0.1, 0.15) is 5.82 Å². The number of anilines is 4. The number of benzene rings is 2. The van der Waals surface area contributed by atoms with Crippen molar-refractivity contribution in [3.8, 4) is 0 Å². The predicted octanol–water partition coefficient (Wildman–Crippen LogP) is 5.16. The Morgan fingerprint density at radius 3 is 2.28 bits per heavy atom. The van der Waals surface area contributed by atoms with Gasteiger partial charge in [0.2, 0.25) is 5.91 Å². The number of nitrogens with one attached hydrogen (secondary N) is 3. The average molecular weight is 388 g/mol. The molecule has 6 nitrogen and oxygen atoms in total. The van der Waals surface area contributed by atoms with Crippen molar-refractivity contribution in [2.75, 3.05) is 16.0 Å². The zero-order chi connectivity index (χ0) is 20.8. The molecule has 0 aliphatic rings. The zero-order valence-corrected chi connectivity index (χ0v) is 16.7. The normalized spacial score (nSPS) is 10.5. The number of amides is 2. The first-order valence-electron chi connectivity index (χ1n) is 9.43. The van der Waals surface area contributed by atoms with E-state index in [0.29, 0.717) is 23.0 Å². The monoisotopic (exact) mass is 388 g/mol. The standard InChI is InChI=1S/C23H24N4O2/c1-15(2)20-6-4-5-7-21(20)27-23(29)17-12-13-24-22(14-17)26-19-10-8-18(9-11-19)25-16(3)28/h4-15H,1-3H3,(H,24,26)(H,25,28)(H,27,29). The molecule has 3 N–H and O–H groups in total. The number of nitrogens with zero attached hydrogens (tertiary/aromatic N) is 1. The van der Waals surface area contributed by atoms with Gasteiger partial charge in [-0.1, -0.05) is 32.0 Å². The molecule has 0 atom stereocenters. The van der Waals surface area contributed by atoms with Crippen molar-refractivity contribution in [1.82, 2.24) is 4.98 Å². The molecular weight excluding hydrogens is 364 g/mol. The fraction of sp³-hybridized carbons (Fsp3) is 0.174. The lowest BCUT2D eigenvalue weighted by molar-refractivity contribution is -0.114. The Kier molecular flexibility index (Phi) is 6.24. The first-order valence-corrected chi connectivity index (χ1v) is 9.43. The third kappa shape index (κ3) is 5.42. The van der Waals surface area contributed by atoms with Gasteiger partial charge in [0.15, 0.2) is 0 Å². The number of carbonyl (C=O) groups excluding carboxylic acids is 2. The van der Waals surface area contributed by atoms with E-state index in [4.69, 9.17) is 0 Å². The molecule has 29 heavy (non-hydrogen) atoms. The highest BCUT2D eigenvalue weighted by molar-refractivity contribution is 6.05. The maximum absolute atomic E-state index is 12.7. The fourth-order valence-corrected chi connectivity index (χ4v) is 2.94. The van der Waals surface area contributed by atoms with E-state index in [9.17, 15) is 9.59 Å². The van der Waals surface area contributed by atoms with Crippen molar-refractivity contribution in [3.63, 3.8) is 0 Å². The molecule has 148 valence electrons. The molecule has 0 saturated carbocycles. The van der Waals surface area contributed by atoms with Crippen LogP contribution >= 0.6 is 0 Å². The van der Waals surface area contributed by atoms with Crippen LogP contribution in [0.15, 0.2) is 66.9 Å². The van der Waals surface area contributed by atoms with Crippen LogP contribution in [0.25, 0.3) is 0 Å². The fourth-order valence-electron chi connectivity index (χ4n) is 2.94. The van der Waals surface area contributed by atoms with Gasteiger partial charge in [0.05, 0.1) is 0 Å². The minimum absolute atomic E-state index is 0.120. The molecule has 0 aliphatic carbocycles. The lowest BCUT2D eigenvalue weighted by Crippen LogP contribution is -2.14. The van der Waals surface area contributed by atoms with E-state index in [2.05, 4.69) is 34.8 Å². The summed E-state index contributed by atoms with van der Waals surface area (Å²) in [5, 5.41) is 8.88. The van der Waals surface area contributed by atoms with Gasteiger partial charge >= 0.3 is 0 Å². The Hall–Kier alpha value is -3.67. The number of pyridine rings is 1. The van der Waals surface area contributed by atoms with Crippen LogP contribution in [0.1, 0.15) is 42.6 Å². The van der Waals surface area contributed by atoms with Gasteiger partial charge in [0, 0.05) is 35.7 Å². The smallest absolute Gasteiger partial charge is 0.255 e. The second-order valence-corrected chi connectivity index (χ2v) is 7.01. The SMILES string of the molecule is CC(=O)Nc1ccc(Nc2cc(C(=O)Nc3ccccc3C(C)C)ccn2)cc1. The molecule has 0 radical (unpaired) electrons. The summed E-state index contributed by atoms with van der Waals surface area (Å²) in [5.74, 6) is 0.554. The second kappa shape index (κ2) is 9.01. The first-order chi connectivity index (χ1) is 13.9. The topological polar surface area (TPSA) is 83.1 Å². The van der Waals surface area contributed by atoms with Gasteiger partial charge in [-0.2, -0.15) is 0 Å². The Labute approximate surface area is 170 Å². The van der Waals surface area contributed by atoms with Crippen LogP contribution in [0.5, 0.6) is 0 Å². The number of carbonyl (C=O) groups is 2. The summed E-state index contributed by atoms with van der Waals surface area (Å²) in [4.78, 5) is 28.1. The number of para-hydroxylation sites is 1. The predicted molar refractivity (Wildman–Crippen MR) is 117 cm³/mol. The van der Waals surface area contributed by atoms with Gasteiger partial charge < -0.3 is 16.0 Å². The van der Waals surface area contributed by atoms with Crippen LogP contribution in [-0.4, -0.2) is 16.8 Å². The lowest BCUT2D eigenvalue weighted by Gasteiger charge is -2.14. The molecule has 0 bridgehead atoms. The molecule has 2 aromatic carbocycles. The highest BCUT2D eigenvalue weighted by Gasteiger charge is 2.12. The number of hydrogen-bond donors (Lipinski definition) is 3. The number of aromatic nitrogens is 1. The van der Waals surface area contributed by atoms with E-state index in [0.717, 1.165) is 16.9 Å². The molecule has 0 aliphatic heterocycles. The average Bonchev–Trinajstić information content (AvgIpc) is 2.69. The van der Waals surface area contributed by atoms with Crippen LogP contribution < -0.4 is 16.0 Å². The van der Waals surface area contributed by atoms with Crippen LogP contribution in [0, 0.1) is 0 Å². The van der Waals surface area contributed by atoms with E-state index in [1.807, 2.05) is 36.4 Å². The van der Waals surface area contributed by atoms with Crippen molar-refractivity contribution in [3.05, 3.63) is 78.0 Å². The van der Waals surface area contributed by atoms with Gasteiger partial charge in [-0.3, -0.25) is 9.59 Å². The summed E-state index contributed by atoms with van der Waals surface area (Å²) in [6.07, 6.45) is 1.59. The summed E-state index contributed by atoms with van der Waals surface area (Å²) in [6, 6.07) is 18.4. The summed E-state index contributed by atoms with van der Waals surface area (Å²) in [6.45, 7) is 5.65. The highest BCUT2D eigenvalue weighted by atomic mass is 16.2. The minimum Gasteiger partial charge on any atom is -0.340 e. The number of rotatable bonds is 6. The molecule has 1 aromatic heterocycles. The third-order valence-corrected chi connectivity index (χ3v) is 4.33. The Morgan fingerprint density at radius 1 is 0.897 bits per heavy atom. The van der Waals surface area contributed by atoms with E-state index >= 15 is 0 Å². The maximum atomic E-state index is 12.7. The third-order valence-electron chi connectivity index (χ3n) is 4.33. The van der Waals surface area contributed by atoms with E-state index in [1.165, 1.54) is 6.92 Å². The molecule has 0 saturated heterocycles. The summed E-state index contributed by atoms with van der Waals surface area (Å²) < 4.78 is 0. The minimum atomic E-state index is -0.190. The van der Waals surface area contributed by atoms with Gasteiger partial charge in [0.25, 0.3) is 5.91 Å². The molecular formula is C23H24N4O2. The molecule has 3 aromatic rings. The Bertz CT molecular complexity index is 1010. The van der Waals surface area contributed by atoms with Gasteiger partial charge in [-0.15, -0.1) is 0 Å². The maximum Gasteiger partial charge on any atom is 0.255 e. The largest absolute Gasteiger partial charge is 0.340 e. The quantitative estimate of drug-likeness (QED) is 0.545. The van der Waals surface area contributed by atoms with Crippen LogP contribution in [-0.2, 0) is 4.79 Å². The summed E-state index contributed by atoms with van der Waals surface area (Å²) >= 11 is 0. The van der Waals surface area contributed by atoms with Crippen molar-refractivity contribution in [1.29, 1.82) is 0 Å². The molecule has 0 spiro atoms. The zero-order valence-electron chi connectivity index (χ0n) is 16.7. The van der Waals surface area contributed by atoms with E-state index in [-0.39, 0.29) is 11.8 Å². The van der Waals surface area contributed by atoms with Crippen LogP contribution in [0.2, 0.25) is 0 Å². The summed E-state index contributed by atoms with van der Waals surface area (Å²) in [5.41, 5.74) is 3.93. The van der Waals surface area contributed by atoms with Gasteiger partial charge in [-0.05, 0) is 53.9 Å². The lowest BCUT2D eigenvalue weighted by atomic mass is 10.0. The highest BCUT2D eigenvalue weighted by Crippen LogP contribution is 2.24. The van der Waals surface area contributed by atoms with E-state index in [1.54, 1.807) is 30.5 Å². The van der Waals surface area contributed by atoms with Crippen molar-refractivity contribution >= 4 is 34.7 Å². The van der Waals surface area contributed by atoms with Crippen molar-refractivity contribution in [2.45, 2.75) is 26.7 Å². The molecule has 3 rings (SSSR count). The van der Waals surface area contributed by atoms with Gasteiger partial charge in [-0.25, -0.2) is 4.98 Å².